The zero-order chi connectivity index (χ0) is 13.9. The van der Waals surface area contributed by atoms with Gasteiger partial charge in [-0.1, -0.05) is 0 Å². The SMILES string of the molecule is CC(C)(C)n1ccc(C(=O)N[C@H](CO)C(=O)O)c1. The van der Waals surface area contributed by atoms with Crippen molar-refractivity contribution in [2.75, 3.05) is 6.61 Å². The van der Waals surface area contributed by atoms with Crippen LogP contribution < -0.4 is 5.32 Å². The van der Waals surface area contributed by atoms with Gasteiger partial charge in [-0.3, -0.25) is 4.79 Å². The van der Waals surface area contributed by atoms with E-state index in [1.54, 1.807) is 18.5 Å². The van der Waals surface area contributed by atoms with Gasteiger partial charge < -0.3 is 20.1 Å². The Labute approximate surface area is 105 Å². The summed E-state index contributed by atoms with van der Waals surface area (Å²) in [7, 11) is 0. The van der Waals surface area contributed by atoms with Gasteiger partial charge in [0.15, 0.2) is 6.04 Å². The number of carboxylic acid groups (broad SMARTS) is 1. The minimum Gasteiger partial charge on any atom is -0.480 e. The maximum atomic E-state index is 11.8. The molecule has 0 saturated carbocycles. The first-order valence-corrected chi connectivity index (χ1v) is 5.58. The van der Waals surface area contributed by atoms with Gasteiger partial charge in [-0.2, -0.15) is 0 Å². The lowest BCUT2D eigenvalue weighted by Crippen LogP contribution is -2.43. The number of aliphatic carboxylic acids is 1. The fraction of sp³-hybridized carbons (Fsp3) is 0.500. The van der Waals surface area contributed by atoms with Gasteiger partial charge in [-0.05, 0) is 26.8 Å². The molecule has 1 atom stereocenters. The Morgan fingerprint density at radius 1 is 1.44 bits per heavy atom. The van der Waals surface area contributed by atoms with Crippen LogP contribution >= 0.6 is 0 Å². The number of hydrogen-bond donors (Lipinski definition) is 3. The molecule has 0 spiro atoms. The molecule has 1 aromatic heterocycles. The van der Waals surface area contributed by atoms with E-state index in [-0.39, 0.29) is 5.54 Å². The molecule has 0 saturated heterocycles. The first kappa shape index (κ1) is 14.2. The minimum atomic E-state index is -1.28. The summed E-state index contributed by atoms with van der Waals surface area (Å²) >= 11 is 0. The van der Waals surface area contributed by atoms with Crippen LogP contribution in [0.3, 0.4) is 0 Å². The van der Waals surface area contributed by atoms with Crippen LogP contribution in [0.1, 0.15) is 31.1 Å². The molecule has 0 fully saturated rings. The average molecular weight is 254 g/mol. The molecular formula is C12H18N2O4. The van der Waals surface area contributed by atoms with Gasteiger partial charge in [0.25, 0.3) is 5.91 Å². The highest BCUT2D eigenvalue weighted by molar-refractivity contribution is 5.96. The van der Waals surface area contributed by atoms with Crippen molar-refractivity contribution in [2.24, 2.45) is 0 Å². The Morgan fingerprint density at radius 2 is 2.06 bits per heavy atom. The van der Waals surface area contributed by atoms with Crippen molar-refractivity contribution < 1.29 is 19.8 Å². The zero-order valence-electron chi connectivity index (χ0n) is 10.7. The highest BCUT2D eigenvalue weighted by atomic mass is 16.4. The van der Waals surface area contributed by atoms with E-state index in [4.69, 9.17) is 10.2 Å². The predicted octanol–water partition coefficient (Wildman–Crippen LogP) is 0.418. The van der Waals surface area contributed by atoms with E-state index >= 15 is 0 Å². The highest BCUT2D eigenvalue weighted by Gasteiger charge is 2.21. The normalized spacial score (nSPS) is 13.1. The summed E-state index contributed by atoms with van der Waals surface area (Å²) in [5, 5.41) is 19.8. The van der Waals surface area contributed by atoms with Gasteiger partial charge in [0.1, 0.15) is 0 Å². The quantitative estimate of drug-likeness (QED) is 0.726. The van der Waals surface area contributed by atoms with Crippen molar-refractivity contribution >= 4 is 11.9 Å². The highest BCUT2D eigenvalue weighted by Crippen LogP contribution is 2.15. The third kappa shape index (κ3) is 3.33. The molecular weight excluding hydrogens is 236 g/mol. The summed E-state index contributed by atoms with van der Waals surface area (Å²) < 4.78 is 1.86. The molecule has 6 nitrogen and oxygen atoms in total. The molecule has 0 aliphatic rings. The number of hydrogen-bond acceptors (Lipinski definition) is 3. The number of carbonyl (C=O) groups is 2. The lowest BCUT2D eigenvalue weighted by molar-refractivity contribution is -0.140. The molecule has 1 heterocycles. The largest absolute Gasteiger partial charge is 0.480 e. The van der Waals surface area contributed by atoms with Crippen LogP contribution in [0.15, 0.2) is 18.5 Å². The lowest BCUT2D eigenvalue weighted by atomic mass is 10.1. The monoisotopic (exact) mass is 254 g/mol. The van der Waals surface area contributed by atoms with Gasteiger partial charge in [-0.15, -0.1) is 0 Å². The van der Waals surface area contributed by atoms with Crippen molar-refractivity contribution in [1.82, 2.24) is 9.88 Å². The fourth-order valence-corrected chi connectivity index (χ4v) is 1.38. The second kappa shape index (κ2) is 5.22. The number of aromatic nitrogens is 1. The fourth-order valence-electron chi connectivity index (χ4n) is 1.38. The van der Waals surface area contributed by atoms with E-state index in [1.165, 1.54) is 0 Å². The minimum absolute atomic E-state index is 0.151. The summed E-state index contributed by atoms with van der Waals surface area (Å²) in [6.45, 7) is 5.33. The van der Waals surface area contributed by atoms with Crippen molar-refractivity contribution in [1.29, 1.82) is 0 Å². The Hall–Kier alpha value is -1.82. The zero-order valence-corrected chi connectivity index (χ0v) is 10.7. The van der Waals surface area contributed by atoms with E-state index in [0.29, 0.717) is 5.56 Å². The van der Waals surface area contributed by atoms with Crippen LogP contribution in [0.2, 0.25) is 0 Å². The molecule has 0 unspecified atom stereocenters. The Kier molecular flexibility index (Phi) is 4.13. The van der Waals surface area contributed by atoms with Gasteiger partial charge in [0.2, 0.25) is 0 Å². The Balaban J connectivity index is 2.79. The molecule has 1 aromatic rings. The molecule has 3 N–H and O–H groups in total. The lowest BCUT2D eigenvalue weighted by Gasteiger charge is -2.20. The van der Waals surface area contributed by atoms with E-state index < -0.39 is 24.5 Å². The average Bonchev–Trinajstić information content (AvgIpc) is 2.73. The van der Waals surface area contributed by atoms with E-state index in [1.807, 2.05) is 25.3 Å². The van der Waals surface area contributed by atoms with Crippen LogP contribution in [0.4, 0.5) is 0 Å². The third-order valence-corrected chi connectivity index (χ3v) is 2.52. The molecule has 1 amide bonds. The smallest absolute Gasteiger partial charge is 0.328 e. The van der Waals surface area contributed by atoms with Gasteiger partial charge in [-0.25, -0.2) is 4.79 Å². The Morgan fingerprint density at radius 3 is 2.44 bits per heavy atom. The topological polar surface area (TPSA) is 91.6 Å². The molecule has 0 bridgehead atoms. The van der Waals surface area contributed by atoms with Crippen molar-refractivity contribution in [3.63, 3.8) is 0 Å². The standard InChI is InChI=1S/C12H18N2O4/c1-12(2,3)14-5-4-8(6-14)10(16)13-9(7-15)11(17)18/h4-6,9,15H,7H2,1-3H3,(H,13,16)(H,17,18)/t9-/m1/s1. The molecule has 1 rings (SSSR count). The molecule has 100 valence electrons. The molecule has 18 heavy (non-hydrogen) atoms. The van der Waals surface area contributed by atoms with Gasteiger partial charge >= 0.3 is 5.97 Å². The molecule has 0 aliphatic carbocycles. The van der Waals surface area contributed by atoms with Crippen LogP contribution in [0.25, 0.3) is 0 Å². The van der Waals surface area contributed by atoms with E-state index in [2.05, 4.69) is 5.32 Å². The number of amides is 1. The molecule has 0 radical (unpaired) electrons. The number of rotatable bonds is 4. The first-order chi connectivity index (χ1) is 8.25. The van der Waals surface area contributed by atoms with Crippen LogP contribution in [0, 0.1) is 0 Å². The summed E-state index contributed by atoms with van der Waals surface area (Å²) in [6.07, 6.45) is 3.40. The predicted molar refractivity (Wildman–Crippen MR) is 65.4 cm³/mol. The third-order valence-electron chi connectivity index (χ3n) is 2.52. The molecule has 0 aromatic carbocycles. The van der Waals surface area contributed by atoms with Crippen molar-refractivity contribution in [3.8, 4) is 0 Å². The maximum absolute atomic E-state index is 11.8. The summed E-state index contributed by atoms with van der Waals surface area (Å²) in [6, 6.07) is 0.326. The van der Waals surface area contributed by atoms with E-state index in [9.17, 15) is 9.59 Å². The second-order valence-corrected chi connectivity index (χ2v) is 5.03. The maximum Gasteiger partial charge on any atom is 0.328 e. The molecule has 0 aliphatic heterocycles. The number of aliphatic hydroxyl groups excluding tert-OH is 1. The second-order valence-electron chi connectivity index (χ2n) is 5.03. The summed E-state index contributed by atoms with van der Waals surface area (Å²) in [4.78, 5) is 22.4. The van der Waals surface area contributed by atoms with Crippen molar-refractivity contribution in [3.05, 3.63) is 24.0 Å². The number of aliphatic hydroxyl groups is 1. The van der Waals surface area contributed by atoms with Crippen LogP contribution in [-0.2, 0) is 10.3 Å². The van der Waals surface area contributed by atoms with Crippen LogP contribution in [0.5, 0.6) is 0 Å². The first-order valence-electron chi connectivity index (χ1n) is 5.58. The summed E-state index contributed by atoms with van der Waals surface area (Å²) in [5.74, 6) is -1.78. The number of nitrogens with zero attached hydrogens (tertiary/aromatic N) is 1. The van der Waals surface area contributed by atoms with Gasteiger partial charge in [0.05, 0.1) is 12.2 Å². The number of nitrogens with one attached hydrogen (secondary N) is 1. The van der Waals surface area contributed by atoms with Gasteiger partial charge in [0, 0.05) is 17.9 Å². The van der Waals surface area contributed by atoms with E-state index in [0.717, 1.165) is 0 Å². The number of carboxylic acids is 1. The molecule has 6 heteroatoms. The van der Waals surface area contributed by atoms with Crippen LogP contribution in [-0.4, -0.2) is 39.3 Å². The van der Waals surface area contributed by atoms with Crippen molar-refractivity contribution in [2.45, 2.75) is 32.4 Å². The summed E-state index contributed by atoms with van der Waals surface area (Å²) in [5.41, 5.74) is 0.214. The number of carbonyl (C=O) groups excluding carboxylic acids is 1. The Bertz CT molecular complexity index is 445.